The van der Waals surface area contributed by atoms with Crippen molar-refractivity contribution in [2.24, 2.45) is 13.0 Å². The zero-order valence-electron chi connectivity index (χ0n) is 18.3. The number of likely N-dealkylation sites (tertiary alicyclic amines) is 1. The Morgan fingerprint density at radius 3 is 2.58 bits per heavy atom. The third kappa shape index (κ3) is 4.25. The highest BCUT2D eigenvalue weighted by atomic mass is 35.5. The van der Waals surface area contributed by atoms with Crippen LogP contribution in [0.15, 0.2) is 53.3 Å². The Morgan fingerprint density at radius 2 is 1.87 bits per heavy atom. The number of ketones is 1. The fraction of sp³-hybridized carbons (Fsp3) is 0.360. The lowest BCUT2D eigenvalue weighted by molar-refractivity contribution is 0.0810. The molecule has 1 aliphatic rings. The second-order valence-corrected chi connectivity index (χ2v) is 8.87. The molecule has 4 rings (SSSR count). The topological polar surface area (TPSA) is 47.2 Å². The van der Waals surface area contributed by atoms with Crippen molar-refractivity contribution in [3.05, 3.63) is 86.3 Å². The number of nitrogens with zero attached hydrogens (tertiary/aromatic N) is 3. The highest BCUT2D eigenvalue weighted by Gasteiger charge is 2.29. The minimum Gasteiger partial charge on any atom is -0.298 e. The average molecular weight is 438 g/mol. The molecular formula is C25H28ClN3O2. The number of benzene rings is 2. The molecule has 2 heterocycles. The largest absolute Gasteiger partial charge is 0.298 e. The maximum absolute atomic E-state index is 13.2. The Kier molecular flexibility index (Phi) is 6.17. The molecule has 1 fully saturated rings. The molecule has 0 saturated carbocycles. The van der Waals surface area contributed by atoms with Crippen LogP contribution >= 0.6 is 11.6 Å². The molecule has 0 N–H and O–H groups in total. The summed E-state index contributed by atoms with van der Waals surface area (Å²) >= 11 is 6.06. The fourth-order valence-corrected chi connectivity index (χ4v) is 4.79. The molecule has 0 aliphatic carbocycles. The molecule has 5 nitrogen and oxygen atoms in total. The first kappa shape index (κ1) is 21.6. The van der Waals surface area contributed by atoms with Crippen molar-refractivity contribution >= 4 is 17.4 Å². The smallest absolute Gasteiger partial charge is 0.276 e. The number of carbonyl (C=O) groups is 1. The van der Waals surface area contributed by atoms with E-state index in [1.807, 2.05) is 68.0 Å². The molecule has 31 heavy (non-hydrogen) atoms. The third-order valence-corrected chi connectivity index (χ3v) is 6.62. The van der Waals surface area contributed by atoms with Gasteiger partial charge in [0.15, 0.2) is 5.78 Å². The standard InChI is InChI=1S/C25H28ClN3O2/c1-17-14-20(26)11-12-22(17)24(30)19-8-7-13-28(15-19)16-23-18(2)27(3)29(25(23)31)21-9-5-4-6-10-21/h4-6,9-12,14,19H,7-8,13,15-16H2,1-3H3. The van der Waals surface area contributed by atoms with Crippen LogP contribution in [0, 0.1) is 19.8 Å². The van der Waals surface area contributed by atoms with Crippen molar-refractivity contribution < 1.29 is 4.79 Å². The van der Waals surface area contributed by atoms with Crippen LogP contribution in [-0.2, 0) is 13.6 Å². The zero-order chi connectivity index (χ0) is 22.1. The molecule has 162 valence electrons. The van der Waals surface area contributed by atoms with Gasteiger partial charge in [0.2, 0.25) is 0 Å². The Labute approximate surface area is 187 Å². The number of aromatic nitrogens is 2. The van der Waals surface area contributed by atoms with Crippen LogP contribution in [0.25, 0.3) is 5.69 Å². The first-order chi connectivity index (χ1) is 14.9. The van der Waals surface area contributed by atoms with Crippen LogP contribution < -0.4 is 5.56 Å². The number of hydrogen-bond acceptors (Lipinski definition) is 3. The quantitative estimate of drug-likeness (QED) is 0.550. The van der Waals surface area contributed by atoms with E-state index < -0.39 is 0 Å². The molecular weight excluding hydrogens is 410 g/mol. The number of carbonyl (C=O) groups excluding carboxylic acids is 1. The van der Waals surface area contributed by atoms with E-state index >= 15 is 0 Å². The van der Waals surface area contributed by atoms with E-state index in [2.05, 4.69) is 4.90 Å². The Bertz CT molecular complexity index is 1160. The van der Waals surface area contributed by atoms with Gasteiger partial charge in [-0.1, -0.05) is 29.8 Å². The van der Waals surface area contributed by atoms with Crippen molar-refractivity contribution in [2.75, 3.05) is 13.1 Å². The summed E-state index contributed by atoms with van der Waals surface area (Å²) in [6, 6.07) is 15.1. The molecule has 3 aromatic rings. The van der Waals surface area contributed by atoms with Crippen molar-refractivity contribution in [2.45, 2.75) is 33.2 Å². The van der Waals surface area contributed by atoms with Crippen LogP contribution in [-0.4, -0.2) is 33.1 Å². The average Bonchev–Trinajstić information content (AvgIpc) is 2.97. The van der Waals surface area contributed by atoms with Crippen LogP contribution in [0.4, 0.5) is 0 Å². The predicted molar refractivity (Wildman–Crippen MR) is 124 cm³/mol. The van der Waals surface area contributed by atoms with Gasteiger partial charge in [0.25, 0.3) is 5.56 Å². The van der Waals surface area contributed by atoms with Crippen LogP contribution in [0.3, 0.4) is 0 Å². The van der Waals surface area contributed by atoms with Gasteiger partial charge in [-0.25, -0.2) is 4.68 Å². The van der Waals surface area contributed by atoms with Crippen LogP contribution in [0.2, 0.25) is 5.02 Å². The minimum atomic E-state index is -0.0611. The molecule has 1 aliphatic heterocycles. The van der Waals surface area contributed by atoms with E-state index in [0.29, 0.717) is 18.1 Å². The molecule has 0 spiro atoms. The molecule has 1 saturated heterocycles. The van der Waals surface area contributed by atoms with Gasteiger partial charge < -0.3 is 0 Å². The van der Waals surface area contributed by atoms with Gasteiger partial charge in [-0.05, 0) is 69.1 Å². The molecule has 6 heteroatoms. The van der Waals surface area contributed by atoms with E-state index in [-0.39, 0.29) is 17.3 Å². The second kappa shape index (κ2) is 8.85. The van der Waals surface area contributed by atoms with E-state index in [1.54, 1.807) is 10.7 Å². The summed E-state index contributed by atoms with van der Waals surface area (Å²) in [5, 5.41) is 0.647. The Morgan fingerprint density at radius 1 is 1.13 bits per heavy atom. The van der Waals surface area contributed by atoms with Crippen LogP contribution in [0.5, 0.6) is 0 Å². The van der Waals surface area contributed by atoms with Gasteiger partial charge in [0.05, 0.1) is 11.3 Å². The summed E-state index contributed by atoms with van der Waals surface area (Å²) in [4.78, 5) is 28.6. The van der Waals surface area contributed by atoms with Crippen molar-refractivity contribution in [3.8, 4) is 5.69 Å². The highest BCUT2D eigenvalue weighted by molar-refractivity contribution is 6.30. The minimum absolute atomic E-state index is 0.00759. The lowest BCUT2D eigenvalue weighted by Gasteiger charge is -2.32. The number of piperidine rings is 1. The highest BCUT2D eigenvalue weighted by Crippen LogP contribution is 2.25. The predicted octanol–water partition coefficient (Wildman–Crippen LogP) is 4.54. The molecule has 0 amide bonds. The van der Waals surface area contributed by atoms with Gasteiger partial charge in [0.1, 0.15) is 0 Å². The van der Waals surface area contributed by atoms with Gasteiger partial charge in [-0.3, -0.25) is 19.2 Å². The van der Waals surface area contributed by atoms with E-state index in [4.69, 9.17) is 11.6 Å². The monoisotopic (exact) mass is 437 g/mol. The number of rotatable bonds is 5. The third-order valence-electron chi connectivity index (χ3n) is 6.39. The normalized spacial score (nSPS) is 17.1. The van der Waals surface area contributed by atoms with Gasteiger partial charge in [-0.15, -0.1) is 0 Å². The molecule has 1 unspecified atom stereocenters. The van der Waals surface area contributed by atoms with Crippen LogP contribution in [0.1, 0.15) is 40.0 Å². The number of para-hydroxylation sites is 1. The summed E-state index contributed by atoms with van der Waals surface area (Å²) in [6.07, 6.45) is 1.82. The SMILES string of the molecule is Cc1cc(Cl)ccc1C(=O)C1CCCN(Cc2c(C)n(C)n(-c3ccccc3)c2=O)C1. The first-order valence-electron chi connectivity index (χ1n) is 10.7. The number of aryl methyl sites for hydroxylation is 1. The number of halogens is 1. The summed E-state index contributed by atoms with van der Waals surface area (Å²) in [5.41, 5.74) is 4.28. The molecule has 1 atom stereocenters. The van der Waals surface area contributed by atoms with Crippen molar-refractivity contribution in [1.29, 1.82) is 0 Å². The second-order valence-electron chi connectivity index (χ2n) is 8.44. The summed E-state index contributed by atoms with van der Waals surface area (Å²) < 4.78 is 3.63. The van der Waals surface area contributed by atoms with Gasteiger partial charge in [0, 0.05) is 42.3 Å². The molecule has 2 aromatic carbocycles. The number of hydrogen-bond donors (Lipinski definition) is 0. The number of Topliss-reactive ketones (excluding diaryl/α,β-unsaturated/α-hetero) is 1. The Balaban J connectivity index is 1.55. The van der Waals surface area contributed by atoms with E-state index in [0.717, 1.165) is 47.5 Å². The van der Waals surface area contributed by atoms with E-state index in [1.165, 1.54) is 0 Å². The molecule has 0 bridgehead atoms. The van der Waals surface area contributed by atoms with Gasteiger partial charge >= 0.3 is 0 Å². The lowest BCUT2D eigenvalue weighted by atomic mass is 9.88. The van der Waals surface area contributed by atoms with Gasteiger partial charge in [-0.2, -0.15) is 0 Å². The first-order valence-corrected chi connectivity index (χ1v) is 11.1. The lowest BCUT2D eigenvalue weighted by Crippen LogP contribution is -2.39. The van der Waals surface area contributed by atoms with Crippen molar-refractivity contribution in [3.63, 3.8) is 0 Å². The molecule has 1 aromatic heterocycles. The zero-order valence-corrected chi connectivity index (χ0v) is 19.0. The van der Waals surface area contributed by atoms with E-state index in [9.17, 15) is 9.59 Å². The summed E-state index contributed by atoms with van der Waals surface area (Å²) in [6.45, 7) is 6.03. The maximum Gasteiger partial charge on any atom is 0.276 e. The molecule has 0 radical (unpaired) electrons. The summed E-state index contributed by atoms with van der Waals surface area (Å²) in [5.74, 6) is 0.110. The van der Waals surface area contributed by atoms with Crippen molar-refractivity contribution in [1.82, 2.24) is 14.3 Å². The fourth-order valence-electron chi connectivity index (χ4n) is 4.57. The maximum atomic E-state index is 13.2. The summed E-state index contributed by atoms with van der Waals surface area (Å²) in [7, 11) is 1.92. The Hall–Kier alpha value is -2.63.